The zero-order chi connectivity index (χ0) is 20.4. The molecule has 0 aliphatic carbocycles. The first-order valence-electron chi connectivity index (χ1n) is 10.00. The molecule has 29 heavy (non-hydrogen) atoms. The van der Waals surface area contributed by atoms with Crippen molar-refractivity contribution in [3.8, 4) is 10.6 Å². The molecule has 8 heteroatoms. The van der Waals surface area contributed by atoms with Gasteiger partial charge in [0.15, 0.2) is 0 Å². The maximum atomic E-state index is 13.6. The van der Waals surface area contributed by atoms with Gasteiger partial charge in [0, 0.05) is 42.1 Å². The number of anilines is 1. The summed E-state index contributed by atoms with van der Waals surface area (Å²) in [7, 11) is 0. The van der Waals surface area contributed by atoms with Crippen LogP contribution in [0.4, 0.5) is 9.39 Å². The molecule has 1 aromatic carbocycles. The fourth-order valence-electron chi connectivity index (χ4n) is 3.42. The second-order valence-electron chi connectivity index (χ2n) is 7.33. The second-order valence-corrected chi connectivity index (χ2v) is 9.46. The lowest BCUT2D eigenvalue weighted by Gasteiger charge is -2.13. The van der Waals surface area contributed by atoms with E-state index in [0.717, 1.165) is 46.2 Å². The van der Waals surface area contributed by atoms with Crippen molar-refractivity contribution in [3.05, 3.63) is 34.5 Å². The summed E-state index contributed by atoms with van der Waals surface area (Å²) in [6.07, 6.45) is 2.36. The molecule has 0 unspecified atom stereocenters. The average Bonchev–Trinajstić information content (AvgIpc) is 3.27. The lowest BCUT2D eigenvalue weighted by Crippen LogP contribution is -2.28. The molecule has 1 aliphatic rings. The van der Waals surface area contributed by atoms with Gasteiger partial charge < -0.3 is 16.0 Å². The summed E-state index contributed by atoms with van der Waals surface area (Å²) in [6.45, 7) is 6.61. The van der Waals surface area contributed by atoms with Crippen LogP contribution in [-0.2, 0) is 17.8 Å². The summed E-state index contributed by atoms with van der Waals surface area (Å²) in [4.78, 5) is 18.5. The third-order valence-electron chi connectivity index (χ3n) is 5.20. The van der Waals surface area contributed by atoms with Crippen LogP contribution in [0, 0.1) is 5.82 Å². The van der Waals surface area contributed by atoms with Crippen LogP contribution in [0.3, 0.4) is 0 Å². The van der Waals surface area contributed by atoms with E-state index in [0.29, 0.717) is 24.5 Å². The smallest absolute Gasteiger partial charge is 0.226 e. The van der Waals surface area contributed by atoms with E-state index >= 15 is 0 Å². The van der Waals surface area contributed by atoms with Gasteiger partial charge in [-0.05, 0) is 44.0 Å². The lowest BCUT2D eigenvalue weighted by molar-refractivity contribution is -0.116. The Bertz CT molecular complexity index is 1030. The maximum Gasteiger partial charge on any atom is 0.226 e. The monoisotopic (exact) mass is 432 g/mol. The third kappa shape index (κ3) is 4.50. The number of amides is 1. The van der Waals surface area contributed by atoms with Crippen LogP contribution < -0.4 is 16.0 Å². The highest BCUT2D eigenvalue weighted by molar-refractivity contribution is 7.22. The van der Waals surface area contributed by atoms with E-state index in [1.807, 2.05) is 0 Å². The molecule has 0 saturated heterocycles. The van der Waals surface area contributed by atoms with Gasteiger partial charge in [-0.15, -0.1) is 22.7 Å². The summed E-state index contributed by atoms with van der Waals surface area (Å²) in [5.74, 6) is -0.283. The van der Waals surface area contributed by atoms with E-state index in [1.165, 1.54) is 22.6 Å². The van der Waals surface area contributed by atoms with Crippen molar-refractivity contribution in [3.63, 3.8) is 0 Å². The van der Waals surface area contributed by atoms with Gasteiger partial charge in [0.25, 0.3) is 0 Å². The number of thiazole rings is 1. The summed E-state index contributed by atoms with van der Waals surface area (Å²) in [6, 6.07) is 5.10. The van der Waals surface area contributed by atoms with E-state index in [2.05, 4.69) is 34.8 Å². The number of nitrogens with one attached hydrogen (secondary N) is 3. The molecule has 0 spiro atoms. The van der Waals surface area contributed by atoms with Gasteiger partial charge in [-0.2, -0.15) is 0 Å². The van der Waals surface area contributed by atoms with Crippen LogP contribution in [0.5, 0.6) is 0 Å². The number of fused-ring (bicyclic) bond motifs is 2. The van der Waals surface area contributed by atoms with Crippen molar-refractivity contribution in [2.75, 3.05) is 18.4 Å². The molecule has 0 fully saturated rings. The fourth-order valence-corrected chi connectivity index (χ4v) is 5.75. The van der Waals surface area contributed by atoms with Crippen LogP contribution in [0.25, 0.3) is 20.8 Å². The molecule has 0 bridgehead atoms. The van der Waals surface area contributed by atoms with Crippen molar-refractivity contribution in [2.24, 2.45) is 0 Å². The quantitative estimate of drug-likeness (QED) is 0.513. The molecule has 154 valence electrons. The molecule has 2 aromatic heterocycles. The first-order valence-corrected chi connectivity index (χ1v) is 11.6. The Kier molecular flexibility index (Phi) is 6.24. The van der Waals surface area contributed by atoms with Crippen molar-refractivity contribution < 1.29 is 9.18 Å². The minimum Gasteiger partial charge on any atom is -0.317 e. The van der Waals surface area contributed by atoms with Gasteiger partial charge in [-0.1, -0.05) is 6.92 Å². The first kappa shape index (κ1) is 20.4. The average molecular weight is 433 g/mol. The minimum atomic E-state index is -0.284. The predicted octanol–water partition coefficient (Wildman–Crippen LogP) is 4.53. The Balaban J connectivity index is 1.62. The topological polar surface area (TPSA) is 66.0 Å². The Morgan fingerprint density at radius 3 is 3.07 bits per heavy atom. The van der Waals surface area contributed by atoms with E-state index in [-0.39, 0.29) is 11.7 Å². The largest absolute Gasteiger partial charge is 0.317 e. The normalized spacial score (nSPS) is 14.7. The molecule has 3 aromatic rings. The Morgan fingerprint density at radius 2 is 2.24 bits per heavy atom. The molecule has 3 N–H and O–H groups in total. The summed E-state index contributed by atoms with van der Waals surface area (Å²) < 4.78 is 14.6. The van der Waals surface area contributed by atoms with E-state index in [1.54, 1.807) is 28.7 Å². The number of carbonyl (C=O) groups is 1. The van der Waals surface area contributed by atoms with E-state index in [4.69, 9.17) is 0 Å². The number of hydrogen-bond acceptors (Lipinski definition) is 6. The van der Waals surface area contributed by atoms with Gasteiger partial charge in [0.1, 0.15) is 15.8 Å². The number of benzene rings is 1. The number of carbonyl (C=O) groups excluding carboxylic acids is 1. The second kappa shape index (κ2) is 8.87. The number of rotatable bonds is 7. The van der Waals surface area contributed by atoms with Crippen molar-refractivity contribution >= 4 is 43.8 Å². The molecule has 0 saturated carbocycles. The molecule has 1 atom stereocenters. The molecule has 0 radical (unpaired) electrons. The van der Waals surface area contributed by atoms with Crippen LogP contribution in [0.15, 0.2) is 18.2 Å². The van der Waals surface area contributed by atoms with Gasteiger partial charge in [-0.25, -0.2) is 9.37 Å². The number of aromatic nitrogens is 1. The zero-order valence-electron chi connectivity index (χ0n) is 16.6. The SMILES string of the molecule is CC[C@@H](C)NCCC(=O)Nc1sc2c(c1-c1nc3cc(F)ccc3s1)CCNC2. The highest BCUT2D eigenvalue weighted by Crippen LogP contribution is 2.44. The fraction of sp³-hybridized carbons (Fsp3) is 0.429. The Morgan fingerprint density at radius 1 is 1.38 bits per heavy atom. The minimum absolute atomic E-state index is 0.000708. The third-order valence-corrected chi connectivity index (χ3v) is 7.40. The van der Waals surface area contributed by atoms with Crippen LogP contribution in [-0.4, -0.2) is 30.0 Å². The standard InChI is InChI=1S/C21H25FN4OS2/c1-3-12(2)24-9-7-18(27)26-21-19(14-6-8-23-11-17(14)29-21)20-25-15-10-13(22)4-5-16(15)28-20/h4-5,10,12,23-24H,3,6-9,11H2,1-2H3,(H,26,27)/t12-/m1/s1. The summed E-state index contributed by atoms with van der Waals surface area (Å²) >= 11 is 3.17. The predicted molar refractivity (Wildman–Crippen MR) is 119 cm³/mol. The summed E-state index contributed by atoms with van der Waals surface area (Å²) in [5, 5.41) is 11.6. The van der Waals surface area contributed by atoms with Gasteiger partial charge in [0.2, 0.25) is 5.91 Å². The Labute approximate surface area is 177 Å². The van der Waals surface area contributed by atoms with Crippen LogP contribution >= 0.6 is 22.7 Å². The molecule has 4 rings (SSSR count). The maximum absolute atomic E-state index is 13.6. The van der Waals surface area contributed by atoms with Crippen molar-refractivity contribution in [1.82, 2.24) is 15.6 Å². The number of hydrogen-bond donors (Lipinski definition) is 3. The first-order chi connectivity index (χ1) is 14.0. The highest BCUT2D eigenvalue weighted by atomic mass is 32.1. The molecule has 3 heterocycles. The number of nitrogens with zero attached hydrogens (tertiary/aromatic N) is 1. The van der Waals surface area contributed by atoms with Gasteiger partial charge in [0.05, 0.1) is 10.2 Å². The van der Waals surface area contributed by atoms with Gasteiger partial charge >= 0.3 is 0 Å². The number of halogens is 1. The van der Waals surface area contributed by atoms with Gasteiger partial charge in [-0.3, -0.25) is 4.79 Å². The molecule has 1 amide bonds. The molecule has 5 nitrogen and oxygen atoms in total. The molecular formula is C21H25FN4OS2. The lowest BCUT2D eigenvalue weighted by atomic mass is 10.0. The van der Waals surface area contributed by atoms with Crippen molar-refractivity contribution in [1.29, 1.82) is 0 Å². The van der Waals surface area contributed by atoms with E-state index < -0.39 is 0 Å². The highest BCUT2D eigenvalue weighted by Gasteiger charge is 2.25. The van der Waals surface area contributed by atoms with E-state index in [9.17, 15) is 9.18 Å². The molecule has 1 aliphatic heterocycles. The van der Waals surface area contributed by atoms with Crippen LogP contribution in [0.1, 0.15) is 37.1 Å². The van der Waals surface area contributed by atoms with Crippen molar-refractivity contribution in [2.45, 2.75) is 45.7 Å². The molecular weight excluding hydrogens is 407 g/mol. The van der Waals surface area contributed by atoms with Crippen LogP contribution in [0.2, 0.25) is 0 Å². The Hall–Kier alpha value is -1.87. The summed E-state index contributed by atoms with van der Waals surface area (Å²) in [5.41, 5.74) is 2.92. The number of thiophene rings is 1. The zero-order valence-corrected chi connectivity index (χ0v) is 18.2.